The van der Waals surface area contributed by atoms with Crippen molar-refractivity contribution in [3.8, 4) is 0 Å². The van der Waals surface area contributed by atoms with Gasteiger partial charge in [0.15, 0.2) is 0 Å². The first-order chi connectivity index (χ1) is 20.9. The fourth-order valence-corrected chi connectivity index (χ4v) is 5.06. The second-order valence-corrected chi connectivity index (χ2v) is 10.3. The van der Waals surface area contributed by atoms with Crippen LogP contribution >= 0.6 is 0 Å². The van der Waals surface area contributed by atoms with E-state index in [0.29, 0.717) is 11.1 Å². The van der Waals surface area contributed by atoms with Crippen molar-refractivity contribution in [1.82, 2.24) is 20.9 Å². The number of carbonyl (C=O) groups excluding carboxylic acids is 6. The molecule has 6 amide bonds. The average Bonchev–Trinajstić information content (AvgIpc) is 3.23. The van der Waals surface area contributed by atoms with Gasteiger partial charge in [-0.05, 0) is 47.4 Å². The largest absolute Gasteiger partial charge is 0.416 e. The Bertz CT molecular complexity index is 1690. The van der Waals surface area contributed by atoms with Gasteiger partial charge in [-0.3, -0.25) is 39.0 Å². The van der Waals surface area contributed by atoms with E-state index in [0.717, 1.165) is 11.0 Å². The molecule has 0 aliphatic carbocycles. The summed E-state index contributed by atoms with van der Waals surface area (Å²) in [6.07, 6.45) is -4.96. The summed E-state index contributed by atoms with van der Waals surface area (Å²) >= 11 is 0. The van der Waals surface area contributed by atoms with Crippen molar-refractivity contribution in [2.24, 2.45) is 0 Å². The smallest absolute Gasteiger partial charge is 0.352 e. The zero-order valence-electron chi connectivity index (χ0n) is 23.0. The number of carbonyl (C=O) groups is 6. The fourth-order valence-electron chi connectivity index (χ4n) is 5.06. The van der Waals surface area contributed by atoms with Crippen molar-refractivity contribution in [3.63, 3.8) is 0 Å². The van der Waals surface area contributed by atoms with Crippen molar-refractivity contribution in [1.29, 1.82) is 0 Å². The first-order valence-electron chi connectivity index (χ1n) is 13.6. The van der Waals surface area contributed by atoms with Crippen LogP contribution in [0, 0.1) is 0 Å². The molecule has 1 unspecified atom stereocenters. The second kappa shape index (κ2) is 12.1. The quantitative estimate of drug-likeness (QED) is 0.337. The van der Waals surface area contributed by atoms with Crippen LogP contribution in [0.1, 0.15) is 66.2 Å². The molecule has 13 heteroatoms. The summed E-state index contributed by atoms with van der Waals surface area (Å²) in [5, 5.41) is 7.45. The van der Waals surface area contributed by atoms with E-state index in [-0.39, 0.29) is 48.2 Å². The molecule has 0 spiro atoms. The van der Waals surface area contributed by atoms with Crippen LogP contribution in [0.4, 0.5) is 13.2 Å². The molecule has 10 nitrogen and oxygen atoms in total. The van der Waals surface area contributed by atoms with Gasteiger partial charge in [0, 0.05) is 25.1 Å². The van der Waals surface area contributed by atoms with E-state index in [1.165, 1.54) is 36.4 Å². The van der Waals surface area contributed by atoms with Gasteiger partial charge in [-0.1, -0.05) is 42.5 Å². The number of hydrogen-bond acceptors (Lipinski definition) is 6. The minimum Gasteiger partial charge on any atom is -0.352 e. The minimum absolute atomic E-state index is 0.00648. The van der Waals surface area contributed by atoms with Crippen LogP contribution in [0.5, 0.6) is 0 Å². The molecule has 0 aromatic heterocycles. The summed E-state index contributed by atoms with van der Waals surface area (Å²) in [5.41, 5.74) is 0.611. The van der Waals surface area contributed by atoms with Crippen molar-refractivity contribution < 1.29 is 41.9 Å². The molecular formula is C31H25F3N4O6. The van der Waals surface area contributed by atoms with Gasteiger partial charge < -0.3 is 10.6 Å². The van der Waals surface area contributed by atoms with Crippen LogP contribution in [0.2, 0.25) is 0 Å². The molecule has 1 saturated heterocycles. The van der Waals surface area contributed by atoms with Crippen LogP contribution in [-0.2, 0) is 40.1 Å². The summed E-state index contributed by atoms with van der Waals surface area (Å²) in [7, 11) is 0. The molecule has 0 bridgehead atoms. The Morgan fingerprint density at radius 3 is 2.14 bits per heavy atom. The van der Waals surface area contributed by atoms with Crippen LogP contribution in [0.25, 0.3) is 0 Å². The van der Waals surface area contributed by atoms with E-state index in [1.807, 2.05) is 0 Å². The highest BCUT2D eigenvalue weighted by Crippen LogP contribution is 2.32. The number of nitrogens with one attached hydrogen (secondary N) is 3. The van der Waals surface area contributed by atoms with Crippen molar-refractivity contribution in [2.45, 2.75) is 44.6 Å². The molecule has 3 N–H and O–H groups in total. The molecule has 0 radical (unpaired) electrons. The summed E-state index contributed by atoms with van der Waals surface area (Å²) < 4.78 is 39.5. The number of piperidine rings is 1. The van der Waals surface area contributed by atoms with Crippen LogP contribution in [0.15, 0.2) is 66.7 Å². The summed E-state index contributed by atoms with van der Waals surface area (Å²) in [6.45, 7) is 0.212. The van der Waals surface area contributed by atoms with E-state index in [9.17, 15) is 41.9 Å². The molecule has 5 rings (SSSR count). The lowest BCUT2D eigenvalue weighted by molar-refractivity contribution is -0.138. The van der Waals surface area contributed by atoms with Crippen LogP contribution < -0.4 is 16.0 Å². The predicted molar refractivity (Wildman–Crippen MR) is 148 cm³/mol. The second-order valence-electron chi connectivity index (χ2n) is 10.3. The number of imide groups is 2. The topological polar surface area (TPSA) is 142 Å². The van der Waals surface area contributed by atoms with Crippen LogP contribution in [-0.4, -0.2) is 46.4 Å². The summed E-state index contributed by atoms with van der Waals surface area (Å²) in [5.74, 6) is -3.67. The third-order valence-corrected chi connectivity index (χ3v) is 7.34. The zero-order valence-corrected chi connectivity index (χ0v) is 23.0. The van der Waals surface area contributed by atoms with Crippen molar-refractivity contribution >= 4 is 35.4 Å². The van der Waals surface area contributed by atoms with Gasteiger partial charge in [0.2, 0.25) is 17.7 Å². The van der Waals surface area contributed by atoms with Gasteiger partial charge in [-0.25, -0.2) is 0 Å². The molecule has 3 aromatic rings. The Morgan fingerprint density at radius 1 is 0.841 bits per heavy atom. The Balaban J connectivity index is 1.14. The molecule has 1 atom stereocenters. The van der Waals surface area contributed by atoms with E-state index in [2.05, 4.69) is 16.0 Å². The highest BCUT2D eigenvalue weighted by atomic mass is 19.4. The molecular weight excluding hydrogens is 581 g/mol. The first kappa shape index (κ1) is 30.1. The average molecular weight is 607 g/mol. The molecule has 3 aromatic carbocycles. The van der Waals surface area contributed by atoms with Gasteiger partial charge in [0.05, 0.1) is 23.1 Å². The Morgan fingerprint density at radius 2 is 1.48 bits per heavy atom. The van der Waals surface area contributed by atoms with Gasteiger partial charge in [-0.2, -0.15) is 13.2 Å². The molecule has 44 heavy (non-hydrogen) atoms. The Labute approximate surface area is 248 Å². The minimum atomic E-state index is -4.56. The normalized spacial score (nSPS) is 16.4. The maximum absolute atomic E-state index is 13.2. The number of nitrogens with zero attached hydrogens (tertiary/aromatic N) is 1. The van der Waals surface area contributed by atoms with E-state index >= 15 is 0 Å². The highest BCUT2D eigenvalue weighted by molar-refractivity contribution is 6.24. The lowest BCUT2D eigenvalue weighted by atomic mass is 10.0. The molecule has 226 valence electrons. The van der Waals surface area contributed by atoms with Gasteiger partial charge in [0.25, 0.3) is 17.7 Å². The number of hydrogen-bond donors (Lipinski definition) is 3. The van der Waals surface area contributed by atoms with Crippen molar-refractivity contribution in [3.05, 3.63) is 106 Å². The number of amides is 6. The number of halogens is 3. The van der Waals surface area contributed by atoms with E-state index in [4.69, 9.17) is 0 Å². The van der Waals surface area contributed by atoms with Gasteiger partial charge >= 0.3 is 6.18 Å². The summed E-state index contributed by atoms with van der Waals surface area (Å²) in [6, 6.07) is 14.7. The highest BCUT2D eigenvalue weighted by Gasteiger charge is 2.44. The maximum Gasteiger partial charge on any atom is 0.416 e. The SMILES string of the molecule is O=C(Cc1ccccc1C(F)(F)F)NCc1ccc(CNC(=O)c2ccc3c(c2)C(=O)N(C2CCC(=O)NC2=O)C3=O)cc1. The Hall–Kier alpha value is -5.33. The monoisotopic (exact) mass is 606 g/mol. The number of alkyl halides is 3. The van der Waals surface area contributed by atoms with Crippen molar-refractivity contribution in [2.75, 3.05) is 0 Å². The maximum atomic E-state index is 13.2. The predicted octanol–water partition coefficient (Wildman–Crippen LogP) is 2.90. The van der Waals surface area contributed by atoms with Crippen LogP contribution in [0.3, 0.4) is 0 Å². The Kier molecular flexibility index (Phi) is 8.30. The molecule has 1 fully saturated rings. The first-order valence-corrected chi connectivity index (χ1v) is 13.6. The fraction of sp³-hybridized carbons (Fsp3) is 0.226. The van der Waals surface area contributed by atoms with E-state index < -0.39 is 59.6 Å². The van der Waals surface area contributed by atoms with Gasteiger partial charge in [-0.15, -0.1) is 0 Å². The lowest BCUT2D eigenvalue weighted by Gasteiger charge is -2.27. The number of fused-ring (bicyclic) bond motifs is 1. The van der Waals surface area contributed by atoms with Gasteiger partial charge in [0.1, 0.15) is 6.04 Å². The zero-order chi connectivity index (χ0) is 31.6. The van der Waals surface area contributed by atoms with E-state index in [1.54, 1.807) is 24.3 Å². The number of rotatable bonds is 8. The molecule has 2 heterocycles. The standard InChI is InChI=1S/C31H25F3N4O6/c32-31(33,34)23-4-2-1-3-19(23)14-26(40)35-15-17-5-7-18(8-6-17)16-36-27(41)20-9-10-21-22(13-20)30(44)38(29(21)43)24-11-12-25(39)37-28(24)42/h1-10,13,24H,11-12,14-16H2,(H,35,40)(H,36,41)(H,37,39,42). The molecule has 2 aliphatic rings. The number of benzene rings is 3. The molecule has 0 saturated carbocycles. The summed E-state index contributed by atoms with van der Waals surface area (Å²) in [4.78, 5) is 75.4. The third kappa shape index (κ3) is 6.36. The lowest BCUT2D eigenvalue weighted by Crippen LogP contribution is -2.54. The third-order valence-electron chi connectivity index (χ3n) is 7.34. The molecule has 2 aliphatic heterocycles.